The number of aromatic nitrogens is 1. The lowest BCUT2D eigenvalue weighted by Gasteiger charge is -2.43. The highest BCUT2D eigenvalue weighted by Gasteiger charge is 2.42. The first-order chi connectivity index (χ1) is 30.5. The minimum atomic E-state index is -0.335. The lowest BCUT2D eigenvalue weighted by atomic mass is 9.94. The highest BCUT2D eigenvalue weighted by molar-refractivity contribution is 5.98. The number of rotatable bonds is 13. The molecule has 0 bridgehead atoms. The first kappa shape index (κ1) is 43.6. The molecule has 15 heteroatoms. The number of nitrogens with one attached hydrogen (secondary N) is 1. The van der Waals surface area contributed by atoms with E-state index in [1.165, 1.54) is 5.69 Å². The predicted octanol–water partition coefficient (Wildman–Crippen LogP) is 4.17. The van der Waals surface area contributed by atoms with Gasteiger partial charge in [0.2, 0.25) is 12.3 Å². The maximum absolute atomic E-state index is 13.8. The largest absolute Gasteiger partial charge is 0.507 e. The number of anilines is 1. The van der Waals surface area contributed by atoms with Gasteiger partial charge >= 0.3 is 0 Å². The quantitative estimate of drug-likeness (QED) is 0.0956. The van der Waals surface area contributed by atoms with Crippen LogP contribution in [-0.2, 0) is 19.1 Å². The molecule has 3 amide bonds. The summed E-state index contributed by atoms with van der Waals surface area (Å²) in [4.78, 5) is 46.0. The van der Waals surface area contributed by atoms with Crippen LogP contribution in [0.3, 0.4) is 0 Å². The van der Waals surface area contributed by atoms with E-state index in [9.17, 15) is 19.5 Å². The van der Waals surface area contributed by atoms with Crippen molar-refractivity contribution in [1.29, 1.82) is 0 Å². The average molecular weight is 860 g/mol. The van der Waals surface area contributed by atoms with Crippen molar-refractivity contribution in [3.05, 3.63) is 113 Å². The van der Waals surface area contributed by atoms with Gasteiger partial charge in [0.15, 0.2) is 0 Å². The van der Waals surface area contributed by atoms with Crippen LogP contribution in [0.5, 0.6) is 5.75 Å². The number of benzene rings is 3. The van der Waals surface area contributed by atoms with Crippen molar-refractivity contribution in [3.8, 4) is 5.75 Å². The topological polar surface area (TPSA) is 198 Å². The number of nitrogens with zero attached hydrogens (tertiary/aromatic N) is 5. The van der Waals surface area contributed by atoms with Gasteiger partial charge in [-0.1, -0.05) is 30.3 Å². The van der Waals surface area contributed by atoms with Crippen molar-refractivity contribution >= 4 is 40.5 Å². The number of carbonyl (C=O) groups excluding carboxylic acids is 3. The molecule has 0 spiro atoms. The lowest BCUT2D eigenvalue weighted by molar-refractivity contribution is -0.120. The van der Waals surface area contributed by atoms with Crippen molar-refractivity contribution in [2.24, 2.45) is 23.1 Å². The molecule has 334 valence electrons. The molecule has 1 aromatic heterocycles. The van der Waals surface area contributed by atoms with Crippen molar-refractivity contribution in [3.63, 3.8) is 0 Å². The summed E-state index contributed by atoms with van der Waals surface area (Å²) < 4.78 is 14.8. The Labute approximate surface area is 369 Å². The van der Waals surface area contributed by atoms with Crippen molar-refractivity contribution in [2.45, 2.75) is 63.3 Å². The monoisotopic (exact) mass is 859 g/mol. The molecule has 4 aromatic rings. The minimum absolute atomic E-state index is 0.0439. The third-order valence-corrected chi connectivity index (χ3v) is 13.4. The summed E-state index contributed by atoms with van der Waals surface area (Å²) in [5, 5.41) is 14.1. The van der Waals surface area contributed by atoms with Gasteiger partial charge in [-0.3, -0.25) is 14.4 Å². The van der Waals surface area contributed by atoms with Gasteiger partial charge in [-0.2, -0.15) is 0 Å². The Kier molecular flexibility index (Phi) is 13.3. The number of aryl methyl sites for hydroxylation is 1. The van der Waals surface area contributed by atoms with Gasteiger partial charge in [-0.05, 0) is 92.6 Å². The molecule has 8 rings (SSSR count). The predicted molar refractivity (Wildman–Crippen MR) is 243 cm³/mol. The number of phenols is 1. The fraction of sp³-hybridized carbons (Fsp3) is 0.438. The number of nitrogens with two attached hydrogens (primary N) is 3. The maximum Gasteiger partial charge on any atom is 0.253 e. The second-order valence-corrected chi connectivity index (χ2v) is 17.4. The number of aromatic hydroxyl groups is 1. The normalized spacial score (nSPS) is 21.3. The number of fused-ring (bicyclic) bond motifs is 2. The van der Waals surface area contributed by atoms with E-state index in [0.717, 1.165) is 87.0 Å². The number of ether oxygens (including phenoxy) is 2. The Morgan fingerprint density at radius 2 is 1.68 bits per heavy atom. The highest BCUT2D eigenvalue weighted by atomic mass is 16.6. The Bertz CT molecular complexity index is 2340. The third kappa shape index (κ3) is 9.36. The Balaban J connectivity index is 0.842. The van der Waals surface area contributed by atoms with E-state index in [1.54, 1.807) is 42.3 Å². The van der Waals surface area contributed by atoms with Gasteiger partial charge in [0.25, 0.3) is 5.91 Å². The van der Waals surface area contributed by atoms with Crippen LogP contribution < -0.4 is 27.4 Å². The number of morpholine rings is 1. The summed E-state index contributed by atoms with van der Waals surface area (Å²) in [6.07, 6.45) is 6.23. The molecule has 3 unspecified atom stereocenters. The zero-order chi connectivity index (χ0) is 44.2. The van der Waals surface area contributed by atoms with Crippen LogP contribution in [0.25, 0.3) is 16.6 Å². The van der Waals surface area contributed by atoms with Gasteiger partial charge in [-0.25, -0.2) is 0 Å². The number of hydrogen-bond acceptors (Lipinski definition) is 11. The number of amides is 3. The van der Waals surface area contributed by atoms with E-state index < -0.39 is 0 Å². The molecule has 3 aromatic carbocycles. The molecule has 4 aliphatic rings. The molecular formula is C48H61N9O6. The molecule has 63 heavy (non-hydrogen) atoms. The van der Waals surface area contributed by atoms with Crippen molar-refractivity contribution in [1.82, 2.24) is 24.6 Å². The SMILES string of the molecule is CNC(=O)CCN(C=O)c1cccc2c1cc(C)n2C1CCN(CC2CCN(C(=O)c3ccc(C4CN(C(/C=C(\N)c5ccccc5O)=C(N)N)C5COCC5O4)cc3)CC2)CC1. The first-order valence-corrected chi connectivity index (χ1v) is 22.2. The number of phenolic OH excluding ortho intramolecular Hbond substituents is 1. The molecule has 15 nitrogen and oxygen atoms in total. The highest BCUT2D eigenvalue weighted by Crippen LogP contribution is 2.37. The summed E-state index contributed by atoms with van der Waals surface area (Å²) in [6, 6.07) is 23.1. The average Bonchev–Trinajstić information content (AvgIpc) is 3.92. The molecule has 8 N–H and O–H groups in total. The van der Waals surface area contributed by atoms with Gasteiger partial charge < -0.3 is 61.3 Å². The van der Waals surface area contributed by atoms with E-state index in [4.69, 9.17) is 26.7 Å². The molecule has 4 aliphatic heterocycles. The minimum Gasteiger partial charge on any atom is -0.507 e. The number of piperidine rings is 2. The molecule has 4 fully saturated rings. The van der Waals surface area contributed by atoms with Crippen LogP contribution in [0.15, 0.2) is 90.4 Å². The Morgan fingerprint density at radius 3 is 2.38 bits per heavy atom. The van der Waals surface area contributed by atoms with Crippen LogP contribution in [0.2, 0.25) is 0 Å². The van der Waals surface area contributed by atoms with E-state index in [2.05, 4.69) is 38.7 Å². The number of allylic oxidation sites excluding steroid dienone is 1. The van der Waals surface area contributed by atoms with E-state index in [-0.39, 0.29) is 48.1 Å². The van der Waals surface area contributed by atoms with Crippen LogP contribution in [0.1, 0.15) is 71.4 Å². The zero-order valence-electron chi connectivity index (χ0n) is 36.3. The maximum atomic E-state index is 13.8. The van der Waals surface area contributed by atoms with Crippen molar-refractivity contribution in [2.75, 3.05) is 71.0 Å². The van der Waals surface area contributed by atoms with E-state index in [0.29, 0.717) is 60.8 Å². The van der Waals surface area contributed by atoms with Crippen molar-refractivity contribution < 1.29 is 29.0 Å². The molecule has 0 radical (unpaired) electrons. The molecule has 0 saturated carbocycles. The third-order valence-electron chi connectivity index (χ3n) is 13.4. The van der Waals surface area contributed by atoms with Gasteiger partial charge in [0.1, 0.15) is 23.8 Å². The first-order valence-electron chi connectivity index (χ1n) is 22.2. The molecule has 5 heterocycles. The summed E-state index contributed by atoms with van der Waals surface area (Å²) in [6.45, 7) is 8.30. The summed E-state index contributed by atoms with van der Waals surface area (Å²) in [7, 11) is 1.61. The fourth-order valence-electron chi connectivity index (χ4n) is 9.99. The molecule has 0 aliphatic carbocycles. The van der Waals surface area contributed by atoms with E-state index in [1.807, 2.05) is 41.3 Å². The van der Waals surface area contributed by atoms with Crippen LogP contribution in [0, 0.1) is 12.8 Å². The standard InChI is InChI=1S/C48H61N9O6/c1-31-24-37-39(55(30-58)23-18-46(60)52-2)7-5-8-40(37)57(31)35-16-19-53(20-17-35)26-32-14-21-54(22-15-32)48(61)34-12-10-33(11-13-34)44-27-56(42-28-62-29-45(42)63-44)41(47(50)51)25-38(49)36-6-3-4-9-43(36)59/h3-13,24-25,30,32,35,42,44-45,59H,14-23,26-29,49-51H2,1-2H3,(H,52,60)/b38-25-. The second kappa shape index (κ2) is 19.2. The summed E-state index contributed by atoms with van der Waals surface area (Å²) in [5.41, 5.74) is 25.0. The Morgan fingerprint density at radius 1 is 0.937 bits per heavy atom. The number of para-hydroxylation sites is 1. The molecule has 3 atom stereocenters. The molecular weight excluding hydrogens is 799 g/mol. The van der Waals surface area contributed by atoms with Gasteiger partial charge in [-0.15, -0.1) is 0 Å². The second-order valence-electron chi connectivity index (χ2n) is 17.4. The van der Waals surface area contributed by atoms with Crippen LogP contribution in [-0.4, -0.2) is 121 Å². The number of hydrogen-bond donors (Lipinski definition) is 5. The Hall–Kier alpha value is -6.03. The van der Waals surface area contributed by atoms with Gasteiger partial charge in [0, 0.05) is 93.2 Å². The van der Waals surface area contributed by atoms with Crippen LogP contribution in [0.4, 0.5) is 5.69 Å². The lowest BCUT2D eigenvalue weighted by Crippen LogP contribution is -2.51. The summed E-state index contributed by atoms with van der Waals surface area (Å²) in [5.74, 6) is 0.646. The number of likely N-dealkylation sites (tertiary alicyclic amines) is 2. The summed E-state index contributed by atoms with van der Waals surface area (Å²) >= 11 is 0. The molecule has 4 saturated heterocycles. The fourth-order valence-corrected chi connectivity index (χ4v) is 9.99. The smallest absolute Gasteiger partial charge is 0.253 e. The van der Waals surface area contributed by atoms with E-state index >= 15 is 0 Å². The zero-order valence-corrected chi connectivity index (χ0v) is 36.3. The van der Waals surface area contributed by atoms with Gasteiger partial charge in [0.05, 0.1) is 36.2 Å². The van der Waals surface area contributed by atoms with Crippen LogP contribution >= 0.6 is 0 Å². The number of carbonyl (C=O) groups is 3.